The average Bonchev–Trinajstić information content (AvgIpc) is 2.52. The van der Waals surface area contributed by atoms with Gasteiger partial charge in [0.1, 0.15) is 0 Å². The Bertz CT molecular complexity index is 537. The fourth-order valence-corrected chi connectivity index (χ4v) is 3.02. The van der Waals surface area contributed by atoms with Crippen LogP contribution in [0.25, 0.3) is 0 Å². The molecule has 3 nitrogen and oxygen atoms in total. The minimum atomic E-state index is -3.01. The molecule has 0 spiro atoms. The Morgan fingerprint density at radius 3 is 2.81 bits per heavy atom. The molecule has 0 fully saturated rings. The molecule has 1 N–H and O–H groups in total. The largest absolute Gasteiger partial charge is 0.378 e. The number of hydrogen-bond donors (Lipinski definition) is 1. The maximum Gasteiger partial charge on any atom is 0.173 e. The minimum absolute atomic E-state index is 0.110. The number of anilines is 1. The summed E-state index contributed by atoms with van der Waals surface area (Å²) < 4.78 is 22.5. The van der Waals surface area contributed by atoms with Gasteiger partial charge in [0.2, 0.25) is 0 Å². The molecule has 1 aliphatic heterocycles. The zero-order valence-corrected chi connectivity index (χ0v) is 10.3. The molecule has 86 valence electrons. The van der Waals surface area contributed by atoms with Crippen molar-refractivity contribution in [1.82, 2.24) is 0 Å². The van der Waals surface area contributed by atoms with Crippen LogP contribution in [-0.4, -0.2) is 20.2 Å². The summed E-state index contributed by atoms with van der Waals surface area (Å²) in [6.45, 7) is 1.95. The lowest BCUT2D eigenvalue weighted by Gasteiger charge is -2.14. The van der Waals surface area contributed by atoms with Crippen LogP contribution in [0.2, 0.25) is 5.02 Å². The van der Waals surface area contributed by atoms with Crippen LogP contribution in [0.5, 0.6) is 0 Å². The first-order valence-corrected chi connectivity index (χ1v) is 6.99. The standard InChI is InChI=1S/C11H12ClNO2S/c1-8-2-3-9(12)6-11(8)13-10-4-5-16(14,15)7-10/h2-6,10,13H,7H2,1H3. The number of benzene rings is 1. The number of nitrogens with one attached hydrogen (secondary N) is 1. The minimum Gasteiger partial charge on any atom is -0.378 e. The fourth-order valence-electron chi connectivity index (χ4n) is 1.62. The van der Waals surface area contributed by atoms with Crippen molar-refractivity contribution in [2.45, 2.75) is 13.0 Å². The Kier molecular flexibility index (Phi) is 2.95. The molecule has 1 aromatic rings. The van der Waals surface area contributed by atoms with Crippen LogP contribution >= 0.6 is 11.6 Å². The van der Waals surface area contributed by atoms with Gasteiger partial charge < -0.3 is 5.32 Å². The Morgan fingerprint density at radius 2 is 2.19 bits per heavy atom. The van der Waals surface area contributed by atoms with Crippen molar-refractivity contribution in [3.8, 4) is 0 Å². The highest BCUT2D eigenvalue weighted by atomic mass is 35.5. The number of sulfone groups is 1. The molecule has 1 unspecified atom stereocenters. The summed E-state index contributed by atoms with van der Waals surface area (Å²) in [5, 5.41) is 5.05. The summed E-state index contributed by atoms with van der Waals surface area (Å²) in [7, 11) is -3.01. The molecule has 0 saturated heterocycles. The van der Waals surface area contributed by atoms with Gasteiger partial charge in [-0.05, 0) is 24.6 Å². The lowest BCUT2D eigenvalue weighted by molar-refractivity contribution is 0.605. The third-order valence-electron chi connectivity index (χ3n) is 2.47. The summed E-state index contributed by atoms with van der Waals surface area (Å²) in [6, 6.07) is 5.35. The van der Waals surface area contributed by atoms with E-state index in [9.17, 15) is 8.42 Å². The first kappa shape index (κ1) is 11.5. The molecule has 0 aromatic heterocycles. The van der Waals surface area contributed by atoms with Crippen molar-refractivity contribution in [2.75, 3.05) is 11.1 Å². The molecule has 0 bridgehead atoms. The third kappa shape index (κ3) is 2.57. The number of halogens is 1. The van der Waals surface area contributed by atoms with Crippen molar-refractivity contribution in [3.63, 3.8) is 0 Å². The maximum absolute atomic E-state index is 11.2. The molecule has 2 rings (SSSR count). The first-order chi connectivity index (χ1) is 7.46. The van der Waals surface area contributed by atoms with Gasteiger partial charge in [0.05, 0.1) is 11.8 Å². The van der Waals surface area contributed by atoms with Crippen LogP contribution in [0.3, 0.4) is 0 Å². The molecule has 1 aliphatic rings. The number of rotatable bonds is 2. The van der Waals surface area contributed by atoms with Gasteiger partial charge in [-0.3, -0.25) is 0 Å². The zero-order valence-electron chi connectivity index (χ0n) is 8.77. The van der Waals surface area contributed by atoms with E-state index < -0.39 is 9.84 Å². The molecule has 16 heavy (non-hydrogen) atoms. The highest BCUT2D eigenvalue weighted by molar-refractivity contribution is 7.94. The van der Waals surface area contributed by atoms with E-state index in [-0.39, 0.29) is 11.8 Å². The Labute approximate surface area is 100 Å². The molecule has 0 amide bonds. The van der Waals surface area contributed by atoms with Crippen molar-refractivity contribution >= 4 is 27.1 Å². The van der Waals surface area contributed by atoms with Gasteiger partial charge in [0.25, 0.3) is 0 Å². The van der Waals surface area contributed by atoms with E-state index in [1.165, 1.54) is 5.41 Å². The van der Waals surface area contributed by atoms with E-state index in [0.717, 1.165) is 11.3 Å². The van der Waals surface area contributed by atoms with E-state index in [4.69, 9.17) is 11.6 Å². The summed E-state index contributed by atoms with van der Waals surface area (Å²) >= 11 is 5.88. The van der Waals surface area contributed by atoms with Crippen molar-refractivity contribution in [3.05, 3.63) is 40.3 Å². The van der Waals surface area contributed by atoms with Crippen molar-refractivity contribution in [2.24, 2.45) is 0 Å². The van der Waals surface area contributed by atoms with Crippen molar-refractivity contribution < 1.29 is 8.42 Å². The van der Waals surface area contributed by atoms with Gasteiger partial charge in [0.15, 0.2) is 9.84 Å². The topological polar surface area (TPSA) is 46.2 Å². The van der Waals surface area contributed by atoms with Crippen LogP contribution in [0.1, 0.15) is 5.56 Å². The normalized spacial score (nSPS) is 22.2. The zero-order chi connectivity index (χ0) is 11.8. The van der Waals surface area contributed by atoms with E-state index in [0.29, 0.717) is 5.02 Å². The predicted molar refractivity (Wildman–Crippen MR) is 66.5 cm³/mol. The highest BCUT2D eigenvalue weighted by Crippen LogP contribution is 2.22. The third-order valence-corrected chi connectivity index (χ3v) is 4.10. The van der Waals surface area contributed by atoms with Gasteiger partial charge in [0, 0.05) is 16.1 Å². The van der Waals surface area contributed by atoms with E-state index >= 15 is 0 Å². The van der Waals surface area contributed by atoms with Crippen LogP contribution in [0.15, 0.2) is 29.7 Å². The van der Waals surface area contributed by atoms with Crippen LogP contribution in [-0.2, 0) is 9.84 Å². The van der Waals surface area contributed by atoms with E-state index in [2.05, 4.69) is 5.32 Å². The molecular weight excluding hydrogens is 246 g/mol. The second-order valence-electron chi connectivity index (χ2n) is 3.87. The predicted octanol–water partition coefficient (Wildman–Crippen LogP) is 2.37. The van der Waals surface area contributed by atoms with E-state index in [1.54, 1.807) is 12.1 Å². The quantitative estimate of drug-likeness (QED) is 0.885. The molecule has 1 aromatic carbocycles. The summed E-state index contributed by atoms with van der Waals surface area (Å²) in [6.07, 6.45) is 1.66. The first-order valence-electron chi connectivity index (χ1n) is 4.90. The summed E-state index contributed by atoms with van der Waals surface area (Å²) in [4.78, 5) is 0. The smallest absolute Gasteiger partial charge is 0.173 e. The summed E-state index contributed by atoms with van der Waals surface area (Å²) in [5.74, 6) is 0.110. The number of hydrogen-bond acceptors (Lipinski definition) is 3. The molecule has 1 atom stereocenters. The Hall–Kier alpha value is -1.00. The second kappa shape index (κ2) is 4.11. The summed E-state index contributed by atoms with van der Waals surface area (Å²) in [5.41, 5.74) is 1.92. The fraction of sp³-hybridized carbons (Fsp3) is 0.273. The molecule has 1 heterocycles. The lowest BCUT2D eigenvalue weighted by Crippen LogP contribution is -2.21. The molecule has 0 aliphatic carbocycles. The Balaban J connectivity index is 2.17. The van der Waals surface area contributed by atoms with Gasteiger partial charge in [-0.2, -0.15) is 0 Å². The van der Waals surface area contributed by atoms with Crippen LogP contribution < -0.4 is 5.32 Å². The van der Waals surface area contributed by atoms with Gasteiger partial charge >= 0.3 is 0 Å². The van der Waals surface area contributed by atoms with Crippen molar-refractivity contribution in [1.29, 1.82) is 0 Å². The SMILES string of the molecule is Cc1ccc(Cl)cc1NC1C=CS(=O)(=O)C1. The molecule has 5 heteroatoms. The Morgan fingerprint density at radius 1 is 1.44 bits per heavy atom. The second-order valence-corrected chi connectivity index (χ2v) is 6.24. The molecular formula is C11H12ClNO2S. The number of aryl methyl sites for hydroxylation is 1. The van der Waals surface area contributed by atoms with Gasteiger partial charge in [-0.15, -0.1) is 0 Å². The monoisotopic (exact) mass is 257 g/mol. The van der Waals surface area contributed by atoms with Crippen LogP contribution in [0.4, 0.5) is 5.69 Å². The molecule has 0 saturated carbocycles. The maximum atomic E-state index is 11.2. The lowest BCUT2D eigenvalue weighted by atomic mass is 10.2. The van der Waals surface area contributed by atoms with Gasteiger partial charge in [-0.1, -0.05) is 23.7 Å². The van der Waals surface area contributed by atoms with Gasteiger partial charge in [-0.25, -0.2) is 8.42 Å². The highest BCUT2D eigenvalue weighted by Gasteiger charge is 2.21. The average molecular weight is 258 g/mol. The molecule has 0 radical (unpaired) electrons. The van der Waals surface area contributed by atoms with Crippen LogP contribution in [0, 0.1) is 6.92 Å². The van der Waals surface area contributed by atoms with E-state index in [1.807, 2.05) is 19.1 Å².